The second-order valence-corrected chi connectivity index (χ2v) is 5.63. The maximum atomic E-state index is 2.67. The lowest BCUT2D eigenvalue weighted by Gasteiger charge is -2.46. The molecular formula is C12H24N2. The summed E-state index contributed by atoms with van der Waals surface area (Å²) in [6.45, 7) is 13.4. The first kappa shape index (κ1) is 10.4. The molecule has 2 aliphatic rings. The van der Waals surface area contributed by atoms with E-state index in [-0.39, 0.29) is 0 Å². The van der Waals surface area contributed by atoms with Crippen molar-refractivity contribution in [2.24, 2.45) is 0 Å². The molecular weight excluding hydrogens is 172 g/mol. The highest BCUT2D eigenvalue weighted by atomic mass is 15.3. The summed E-state index contributed by atoms with van der Waals surface area (Å²) in [4.78, 5) is 5.33. The van der Waals surface area contributed by atoms with Gasteiger partial charge in [0.05, 0.1) is 0 Å². The molecule has 2 heteroatoms. The third kappa shape index (κ3) is 1.49. The standard InChI is InChI=1S/C12H24N2/c1-10(2)14-9-6-11(12(14,3)4)13-7-5-8-13/h10-11H,5-9H2,1-4H3/t11-/m1/s1. The highest BCUT2D eigenvalue weighted by Crippen LogP contribution is 2.36. The van der Waals surface area contributed by atoms with Crippen molar-refractivity contribution in [1.29, 1.82) is 0 Å². The maximum absolute atomic E-state index is 2.67. The second-order valence-electron chi connectivity index (χ2n) is 5.63. The summed E-state index contributed by atoms with van der Waals surface area (Å²) in [5.74, 6) is 0. The Morgan fingerprint density at radius 1 is 1.14 bits per heavy atom. The number of rotatable bonds is 2. The zero-order valence-electron chi connectivity index (χ0n) is 10.1. The van der Waals surface area contributed by atoms with E-state index >= 15 is 0 Å². The monoisotopic (exact) mass is 196 g/mol. The van der Waals surface area contributed by atoms with Crippen LogP contribution < -0.4 is 0 Å². The Morgan fingerprint density at radius 2 is 1.79 bits per heavy atom. The van der Waals surface area contributed by atoms with Crippen molar-refractivity contribution < 1.29 is 0 Å². The SMILES string of the molecule is CC(C)N1CC[C@@H](N2CCC2)C1(C)C. The molecule has 0 N–H and O–H groups in total. The Hall–Kier alpha value is -0.0800. The van der Waals surface area contributed by atoms with Crippen LogP contribution in [0.2, 0.25) is 0 Å². The minimum atomic E-state index is 0.384. The van der Waals surface area contributed by atoms with Crippen LogP contribution in [0.25, 0.3) is 0 Å². The fourth-order valence-electron chi connectivity index (χ4n) is 3.30. The Bertz CT molecular complexity index is 206. The molecule has 2 rings (SSSR count). The fraction of sp³-hybridized carbons (Fsp3) is 1.00. The van der Waals surface area contributed by atoms with E-state index in [0.717, 1.165) is 6.04 Å². The van der Waals surface area contributed by atoms with E-state index in [2.05, 4.69) is 37.5 Å². The quantitative estimate of drug-likeness (QED) is 0.666. The first-order chi connectivity index (χ1) is 6.53. The molecule has 0 saturated carbocycles. The smallest absolute Gasteiger partial charge is 0.0311 e. The van der Waals surface area contributed by atoms with Gasteiger partial charge in [-0.15, -0.1) is 0 Å². The third-order valence-electron chi connectivity index (χ3n) is 4.15. The van der Waals surface area contributed by atoms with Gasteiger partial charge in [0.1, 0.15) is 0 Å². The van der Waals surface area contributed by atoms with Crippen LogP contribution in [-0.2, 0) is 0 Å². The van der Waals surface area contributed by atoms with E-state index in [9.17, 15) is 0 Å². The van der Waals surface area contributed by atoms with Gasteiger partial charge in [0.25, 0.3) is 0 Å². The lowest BCUT2D eigenvalue weighted by molar-refractivity contribution is 0.0312. The summed E-state index contributed by atoms with van der Waals surface area (Å²) in [5.41, 5.74) is 0.384. The van der Waals surface area contributed by atoms with Crippen LogP contribution in [0.1, 0.15) is 40.5 Å². The van der Waals surface area contributed by atoms with E-state index in [0.29, 0.717) is 11.6 Å². The fourth-order valence-corrected chi connectivity index (χ4v) is 3.30. The van der Waals surface area contributed by atoms with Gasteiger partial charge in [-0.05, 0) is 53.6 Å². The topological polar surface area (TPSA) is 6.48 Å². The largest absolute Gasteiger partial charge is 0.298 e. The number of nitrogens with zero attached hydrogens (tertiary/aromatic N) is 2. The van der Waals surface area contributed by atoms with Crippen LogP contribution >= 0.6 is 0 Å². The molecule has 0 aliphatic carbocycles. The normalized spacial score (nSPS) is 33.6. The van der Waals surface area contributed by atoms with Crippen molar-refractivity contribution in [3.63, 3.8) is 0 Å². The molecule has 0 aromatic rings. The van der Waals surface area contributed by atoms with E-state index in [1.165, 1.54) is 32.5 Å². The van der Waals surface area contributed by atoms with E-state index in [1.807, 2.05) is 0 Å². The van der Waals surface area contributed by atoms with E-state index in [1.54, 1.807) is 0 Å². The van der Waals surface area contributed by atoms with Gasteiger partial charge in [-0.3, -0.25) is 9.80 Å². The Balaban J connectivity index is 2.07. The van der Waals surface area contributed by atoms with Crippen molar-refractivity contribution in [1.82, 2.24) is 9.80 Å². The Labute approximate surface area is 88.3 Å². The number of likely N-dealkylation sites (tertiary alicyclic amines) is 2. The molecule has 14 heavy (non-hydrogen) atoms. The minimum absolute atomic E-state index is 0.384. The van der Waals surface area contributed by atoms with Crippen molar-refractivity contribution >= 4 is 0 Å². The predicted octanol–water partition coefficient (Wildman–Crippen LogP) is 1.95. The molecule has 0 unspecified atom stereocenters. The highest BCUT2D eigenvalue weighted by Gasteiger charge is 2.45. The van der Waals surface area contributed by atoms with E-state index in [4.69, 9.17) is 0 Å². The molecule has 2 aliphatic heterocycles. The Morgan fingerprint density at radius 3 is 2.14 bits per heavy atom. The maximum Gasteiger partial charge on any atom is 0.0311 e. The summed E-state index contributed by atoms with van der Waals surface area (Å²) < 4.78 is 0. The van der Waals surface area contributed by atoms with Gasteiger partial charge in [0.2, 0.25) is 0 Å². The van der Waals surface area contributed by atoms with Gasteiger partial charge in [-0.1, -0.05) is 0 Å². The van der Waals surface area contributed by atoms with Crippen LogP contribution in [0.15, 0.2) is 0 Å². The summed E-state index contributed by atoms with van der Waals surface area (Å²) in [7, 11) is 0. The first-order valence-electron chi connectivity index (χ1n) is 6.04. The van der Waals surface area contributed by atoms with Crippen LogP contribution in [0.4, 0.5) is 0 Å². The molecule has 0 aromatic carbocycles. The zero-order valence-corrected chi connectivity index (χ0v) is 10.1. The molecule has 0 radical (unpaired) electrons. The van der Waals surface area contributed by atoms with Gasteiger partial charge in [-0.2, -0.15) is 0 Å². The molecule has 2 saturated heterocycles. The van der Waals surface area contributed by atoms with Crippen molar-refractivity contribution in [2.75, 3.05) is 19.6 Å². The van der Waals surface area contributed by atoms with Gasteiger partial charge in [-0.25, -0.2) is 0 Å². The van der Waals surface area contributed by atoms with Crippen LogP contribution in [-0.4, -0.2) is 47.1 Å². The van der Waals surface area contributed by atoms with Gasteiger partial charge >= 0.3 is 0 Å². The third-order valence-corrected chi connectivity index (χ3v) is 4.15. The Kier molecular flexibility index (Phi) is 2.61. The average molecular weight is 196 g/mol. The van der Waals surface area contributed by atoms with Crippen molar-refractivity contribution in [2.45, 2.75) is 58.2 Å². The molecule has 2 fully saturated rings. The highest BCUT2D eigenvalue weighted by molar-refractivity contribution is 5.03. The molecule has 2 nitrogen and oxygen atoms in total. The summed E-state index contributed by atoms with van der Waals surface area (Å²) in [5, 5.41) is 0. The lowest BCUT2D eigenvalue weighted by Crippen LogP contribution is -2.57. The summed E-state index contributed by atoms with van der Waals surface area (Å²) in [6.07, 6.45) is 2.78. The minimum Gasteiger partial charge on any atom is -0.298 e. The number of hydrogen-bond acceptors (Lipinski definition) is 2. The van der Waals surface area contributed by atoms with Gasteiger partial charge < -0.3 is 0 Å². The summed E-state index contributed by atoms with van der Waals surface area (Å²) >= 11 is 0. The van der Waals surface area contributed by atoms with Crippen LogP contribution in [0, 0.1) is 0 Å². The van der Waals surface area contributed by atoms with Gasteiger partial charge in [0, 0.05) is 24.2 Å². The molecule has 2 heterocycles. The molecule has 0 bridgehead atoms. The lowest BCUT2D eigenvalue weighted by atomic mass is 9.91. The molecule has 82 valence electrons. The molecule has 1 atom stereocenters. The van der Waals surface area contributed by atoms with Crippen molar-refractivity contribution in [3.8, 4) is 0 Å². The molecule has 0 aromatic heterocycles. The predicted molar refractivity (Wildman–Crippen MR) is 60.5 cm³/mol. The van der Waals surface area contributed by atoms with Crippen LogP contribution in [0.5, 0.6) is 0 Å². The second kappa shape index (κ2) is 3.49. The zero-order chi connectivity index (χ0) is 10.3. The van der Waals surface area contributed by atoms with Crippen molar-refractivity contribution in [3.05, 3.63) is 0 Å². The molecule has 0 amide bonds. The molecule has 0 spiro atoms. The number of hydrogen-bond donors (Lipinski definition) is 0. The van der Waals surface area contributed by atoms with Gasteiger partial charge in [0.15, 0.2) is 0 Å². The van der Waals surface area contributed by atoms with E-state index < -0.39 is 0 Å². The first-order valence-corrected chi connectivity index (χ1v) is 6.04. The van der Waals surface area contributed by atoms with Crippen LogP contribution in [0.3, 0.4) is 0 Å². The summed E-state index contributed by atoms with van der Waals surface area (Å²) in [6, 6.07) is 1.50. The average Bonchev–Trinajstić information content (AvgIpc) is 2.24.